The van der Waals surface area contributed by atoms with E-state index < -0.39 is 22.6 Å². The first-order valence-electron chi connectivity index (χ1n) is 5.90. The van der Waals surface area contributed by atoms with Crippen molar-refractivity contribution >= 4 is 16.7 Å². The molecule has 20 heavy (non-hydrogen) atoms. The van der Waals surface area contributed by atoms with E-state index in [1.165, 1.54) is 18.3 Å². The number of hydrogen-bond acceptors (Lipinski definition) is 2. The molecule has 1 N–H and O–H groups in total. The number of rotatable bonds is 3. The lowest BCUT2D eigenvalue weighted by atomic mass is 10.0. The lowest BCUT2D eigenvalue weighted by Crippen LogP contribution is -2.16. The van der Waals surface area contributed by atoms with Crippen LogP contribution in [-0.2, 0) is 10.9 Å². The van der Waals surface area contributed by atoms with Gasteiger partial charge in [0.15, 0.2) is 0 Å². The van der Waals surface area contributed by atoms with Gasteiger partial charge in [0.2, 0.25) is 5.43 Å². The number of H-pyrrole nitrogens is 1. The van der Waals surface area contributed by atoms with Crippen molar-refractivity contribution in [3.05, 3.63) is 52.3 Å². The van der Waals surface area contributed by atoms with Crippen LogP contribution in [0, 0.1) is 0 Å². The third kappa shape index (κ3) is 2.41. The molecule has 0 aliphatic heterocycles. The smallest absolute Gasteiger partial charge is 0.417 e. The summed E-state index contributed by atoms with van der Waals surface area (Å²) in [5.74, 6) is 0.0487. The van der Waals surface area contributed by atoms with Gasteiger partial charge in [0, 0.05) is 11.7 Å². The first-order valence-corrected chi connectivity index (χ1v) is 5.90. The van der Waals surface area contributed by atoms with Gasteiger partial charge in [-0.15, -0.1) is 0 Å². The Labute approximate surface area is 112 Å². The van der Waals surface area contributed by atoms with Gasteiger partial charge in [-0.05, 0) is 19.1 Å². The third-order valence-electron chi connectivity index (χ3n) is 2.83. The number of ether oxygens (including phenoxy) is 1. The molecule has 0 unspecified atom stereocenters. The second-order valence-corrected chi connectivity index (χ2v) is 4.11. The minimum absolute atomic E-state index is 0.00366. The molecule has 0 saturated carbocycles. The SMILES string of the molecule is C=C(OCC)c1c[nH]c2cccc(C(F)(F)F)c2c1=O. The molecule has 0 spiro atoms. The molecule has 2 rings (SSSR count). The molecule has 0 aliphatic carbocycles. The third-order valence-corrected chi connectivity index (χ3v) is 2.83. The number of halogens is 3. The summed E-state index contributed by atoms with van der Waals surface area (Å²) in [6.45, 7) is 5.52. The second-order valence-electron chi connectivity index (χ2n) is 4.11. The number of aromatic nitrogens is 1. The molecule has 3 nitrogen and oxygen atoms in total. The molecular formula is C14H12F3NO2. The summed E-state index contributed by atoms with van der Waals surface area (Å²) in [5, 5.41) is -0.404. The predicted octanol–water partition coefficient (Wildman–Crippen LogP) is 3.55. The average molecular weight is 283 g/mol. The van der Waals surface area contributed by atoms with Crippen LogP contribution in [0.1, 0.15) is 18.1 Å². The lowest BCUT2D eigenvalue weighted by Gasteiger charge is -2.12. The van der Waals surface area contributed by atoms with E-state index in [1.54, 1.807) is 6.92 Å². The molecule has 0 aliphatic rings. The molecule has 1 aromatic carbocycles. The lowest BCUT2D eigenvalue weighted by molar-refractivity contribution is -0.136. The molecule has 1 aromatic heterocycles. The van der Waals surface area contributed by atoms with Crippen LogP contribution in [-0.4, -0.2) is 11.6 Å². The van der Waals surface area contributed by atoms with Crippen molar-refractivity contribution in [3.8, 4) is 0 Å². The fourth-order valence-electron chi connectivity index (χ4n) is 1.96. The first kappa shape index (κ1) is 14.2. The van der Waals surface area contributed by atoms with E-state index in [1.807, 2.05) is 0 Å². The van der Waals surface area contributed by atoms with Crippen molar-refractivity contribution in [2.75, 3.05) is 6.61 Å². The zero-order valence-corrected chi connectivity index (χ0v) is 10.7. The number of benzene rings is 1. The Morgan fingerprint density at radius 1 is 1.40 bits per heavy atom. The molecule has 0 radical (unpaired) electrons. The van der Waals surface area contributed by atoms with Crippen LogP contribution in [0.25, 0.3) is 16.7 Å². The maximum atomic E-state index is 13.0. The highest BCUT2D eigenvalue weighted by molar-refractivity contribution is 5.85. The maximum Gasteiger partial charge on any atom is 0.417 e. The highest BCUT2D eigenvalue weighted by Gasteiger charge is 2.33. The summed E-state index contributed by atoms with van der Waals surface area (Å²) >= 11 is 0. The molecule has 0 fully saturated rings. The van der Waals surface area contributed by atoms with Crippen molar-refractivity contribution < 1.29 is 17.9 Å². The number of hydrogen-bond donors (Lipinski definition) is 1. The summed E-state index contributed by atoms with van der Waals surface area (Å²) < 4.78 is 44.0. The van der Waals surface area contributed by atoms with Gasteiger partial charge in [-0.1, -0.05) is 12.6 Å². The predicted molar refractivity (Wildman–Crippen MR) is 70.2 cm³/mol. The van der Waals surface area contributed by atoms with Crippen molar-refractivity contribution in [2.45, 2.75) is 13.1 Å². The van der Waals surface area contributed by atoms with Crippen LogP contribution < -0.4 is 5.43 Å². The minimum atomic E-state index is -4.60. The van der Waals surface area contributed by atoms with E-state index in [0.29, 0.717) is 0 Å². The Kier molecular flexibility index (Phi) is 3.57. The number of pyridine rings is 1. The molecule has 0 atom stereocenters. The van der Waals surface area contributed by atoms with Gasteiger partial charge in [0.05, 0.1) is 23.1 Å². The Bertz CT molecular complexity index is 716. The van der Waals surface area contributed by atoms with Crippen LogP contribution in [0.5, 0.6) is 0 Å². The number of alkyl halides is 3. The van der Waals surface area contributed by atoms with Crippen LogP contribution in [0.3, 0.4) is 0 Å². The van der Waals surface area contributed by atoms with Crippen molar-refractivity contribution in [1.82, 2.24) is 4.98 Å². The molecule has 0 amide bonds. The molecular weight excluding hydrogens is 271 g/mol. The molecule has 0 bridgehead atoms. The topological polar surface area (TPSA) is 42.1 Å². The fourth-order valence-corrected chi connectivity index (χ4v) is 1.96. The van der Waals surface area contributed by atoms with E-state index in [-0.39, 0.29) is 23.4 Å². The largest absolute Gasteiger partial charge is 0.494 e. The summed E-state index contributed by atoms with van der Waals surface area (Å²) in [6, 6.07) is 3.54. The van der Waals surface area contributed by atoms with Crippen molar-refractivity contribution in [3.63, 3.8) is 0 Å². The van der Waals surface area contributed by atoms with Gasteiger partial charge in [0.25, 0.3) is 0 Å². The van der Waals surface area contributed by atoms with E-state index >= 15 is 0 Å². The summed E-state index contributed by atoms with van der Waals surface area (Å²) in [5.41, 5.74) is -1.60. The van der Waals surface area contributed by atoms with Crippen LogP contribution in [0.15, 0.2) is 35.8 Å². The summed E-state index contributed by atoms with van der Waals surface area (Å²) in [7, 11) is 0. The van der Waals surface area contributed by atoms with Gasteiger partial charge in [-0.25, -0.2) is 0 Å². The molecule has 1 heterocycles. The Morgan fingerprint density at radius 2 is 2.10 bits per heavy atom. The number of fused-ring (bicyclic) bond motifs is 1. The fraction of sp³-hybridized carbons (Fsp3) is 0.214. The van der Waals surface area contributed by atoms with E-state index in [4.69, 9.17) is 4.74 Å². The summed E-state index contributed by atoms with van der Waals surface area (Å²) in [4.78, 5) is 14.9. The van der Waals surface area contributed by atoms with E-state index in [9.17, 15) is 18.0 Å². The highest BCUT2D eigenvalue weighted by atomic mass is 19.4. The first-order chi connectivity index (χ1) is 9.36. The molecule has 6 heteroatoms. The van der Waals surface area contributed by atoms with Crippen molar-refractivity contribution in [2.24, 2.45) is 0 Å². The van der Waals surface area contributed by atoms with Gasteiger partial charge in [-0.2, -0.15) is 13.2 Å². The average Bonchev–Trinajstić information content (AvgIpc) is 2.37. The van der Waals surface area contributed by atoms with Gasteiger partial charge in [-0.3, -0.25) is 4.79 Å². The van der Waals surface area contributed by atoms with Crippen molar-refractivity contribution in [1.29, 1.82) is 0 Å². The Hall–Kier alpha value is -2.24. The minimum Gasteiger partial charge on any atom is -0.494 e. The number of nitrogens with one attached hydrogen (secondary N) is 1. The monoisotopic (exact) mass is 283 g/mol. The van der Waals surface area contributed by atoms with Gasteiger partial charge in [0.1, 0.15) is 5.76 Å². The Morgan fingerprint density at radius 3 is 2.70 bits per heavy atom. The summed E-state index contributed by atoms with van der Waals surface area (Å²) in [6.07, 6.45) is -3.29. The maximum absolute atomic E-state index is 13.0. The zero-order chi connectivity index (χ0) is 14.9. The second kappa shape index (κ2) is 5.03. The molecule has 0 saturated heterocycles. The normalized spacial score (nSPS) is 11.6. The Balaban J connectivity index is 2.78. The van der Waals surface area contributed by atoms with E-state index in [2.05, 4.69) is 11.6 Å². The zero-order valence-electron chi connectivity index (χ0n) is 10.7. The standard InChI is InChI=1S/C14H12F3NO2/c1-3-20-8(2)9-7-18-11-6-4-5-10(14(15,16)17)12(11)13(9)19/h4-7H,2-3H2,1H3,(H,18,19). The molecule has 106 valence electrons. The highest BCUT2D eigenvalue weighted by Crippen LogP contribution is 2.33. The van der Waals surface area contributed by atoms with Crippen LogP contribution in [0.2, 0.25) is 0 Å². The molecule has 2 aromatic rings. The van der Waals surface area contributed by atoms with Crippen LogP contribution >= 0.6 is 0 Å². The van der Waals surface area contributed by atoms with Gasteiger partial charge < -0.3 is 9.72 Å². The van der Waals surface area contributed by atoms with Gasteiger partial charge >= 0.3 is 6.18 Å². The van der Waals surface area contributed by atoms with E-state index in [0.717, 1.165) is 6.07 Å². The number of aromatic amines is 1. The van der Waals surface area contributed by atoms with Crippen LogP contribution in [0.4, 0.5) is 13.2 Å². The quantitative estimate of drug-likeness (QED) is 0.875.